The standard InChI is InChI=1S/C16H17ClN2OS/c1-3-10-18-16(21)19(2)11-14-8-9-15(20-14)12-4-6-13(17)7-5-12/h3-9H,1,10-11H2,2H3,(H,18,21). The zero-order valence-electron chi connectivity index (χ0n) is 11.8. The van der Waals surface area contributed by atoms with E-state index < -0.39 is 0 Å². The first-order valence-electron chi connectivity index (χ1n) is 6.54. The molecule has 21 heavy (non-hydrogen) atoms. The van der Waals surface area contributed by atoms with Gasteiger partial charge in [-0.2, -0.15) is 0 Å². The van der Waals surface area contributed by atoms with Crippen molar-refractivity contribution in [1.82, 2.24) is 10.2 Å². The molecular weight excluding hydrogens is 304 g/mol. The van der Waals surface area contributed by atoms with E-state index >= 15 is 0 Å². The molecule has 0 aliphatic heterocycles. The van der Waals surface area contributed by atoms with Crippen LogP contribution in [0, 0.1) is 0 Å². The zero-order chi connectivity index (χ0) is 15.2. The van der Waals surface area contributed by atoms with Crippen molar-refractivity contribution < 1.29 is 4.42 Å². The minimum absolute atomic E-state index is 0.608. The second kappa shape index (κ2) is 7.29. The van der Waals surface area contributed by atoms with E-state index in [1.165, 1.54) is 0 Å². The number of furan rings is 1. The predicted octanol–water partition coefficient (Wildman–Crippen LogP) is 4.09. The molecule has 2 rings (SSSR count). The van der Waals surface area contributed by atoms with Crippen LogP contribution < -0.4 is 5.32 Å². The van der Waals surface area contributed by atoms with Crippen LogP contribution in [0.1, 0.15) is 5.76 Å². The maximum Gasteiger partial charge on any atom is 0.169 e. The molecule has 0 saturated heterocycles. The van der Waals surface area contributed by atoms with Crippen LogP contribution in [0.15, 0.2) is 53.5 Å². The maximum atomic E-state index is 5.88. The van der Waals surface area contributed by atoms with Crippen LogP contribution in [0.5, 0.6) is 0 Å². The Balaban J connectivity index is 2.01. The molecule has 0 spiro atoms. The van der Waals surface area contributed by atoms with Crippen molar-refractivity contribution in [3.63, 3.8) is 0 Å². The predicted molar refractivity (Wildman–Crippen MR) is 91.4 cm³/mol. The summed E-state index contributed by atoms with van der Waals surface area (Å²) in [6, 6.07) is 11.5. The van der Waals surface area contributed by atoms with Crippen molar-refractivity contribution in [3.05, 3.63) is 59.8 Å². The van der Waals surface area contributed by atoms with Gasteiger partial charge in [0.15, 0.2) is 5.11 Å². The van der Waals surface area contributed by atoms with E-state index in [2.05, 4.69) is 11.9 Å². The van der Waals surface area contributed by atoms with Crippen molar-refractivity contribution in [1.29, 1.82) is 0 Å². The summed E-state index contributed by atoms with van der Waals surface area (Å²) >= 11 is 11.2. The Bertz CT molecular complexity index is 621. The van der Waals surface area contributed by atoms with Crippen LogP contribution in [0.4, 0.5) is 0 Å². The van der Waals surface area contributed by atoms with Crippen molar-refractivity contribution in [2.24, 2.45) is 0 Å². The molecule has 0 amide bonds. The number of nitrogens with one attached hydrogen (secondary N) is 1. The monoisotopic (exact) mass is 320 g/mol. The van der Waals surface area contributed by atoms with Crippen molar-refractivity contribution in [3.8, 4) is 11.3 Å². The summed E-state index contributed by atoms with van der Waals surface area (Å²) in [5, 5.41) is 4.46. The fraction of sp³-hybridized carbons (Fsp3) is 0.188. The molecule has 0 saturated carbocycles. The molecule has 0 atom stereocenters. The van der Waals surface area contributed by atoms with Gasteiger partial charge >= 0.3 is 0 Å². The summed E-state index contributed by atoms with van der Waals surface area (Å²) in [7, 11) is 1.92. The molecule has 1 N–H and O–H groups in total. The number of thiocarbonyl (C=S) groups is 1. The third-order valence-corrected chi connectivity index (χ3v) is 3.64. The molecule has 5 heteroatoms. The molecule has 110 valence electrons. The molecule has 0 unspecified atom stereocenters. The lowest BCUT2D eigenvalue weighted by atomic mass is 10.2. The maximum absolute atomic E-state index is 5.88. The van der Waals surface area contributed by atoms with E-state index in [-0.39, 0.29) is 0 Å². The lowest BCUT2D eigenvalue weighted by molar-refractivity contribution is 0.412. The Hall–Kier alpha value is -1.78. The van der Waals surface area contributed by atoms with Crippen LogP contribution in [0.2, 0.25) is 5.02 Å². The lowest BCUT2D eigenvalue weighted by Gasteiger charge is -2.19. The molecule has 0 fully saturated rings. The van der Waals surface area contributed by atoms with Crippen LogP contribution in [0.25, 0.3) is 11.3 Å². The molecule has 0 bridgehead atoms. The minimum Gasteiger partial charge on any atom is -0.459 e. The van der Waals surface area contributed by atoms with Gasteiger partial charge in [0, 0.05) is 24.2 Å². The van der Waals surface area contributed by atoms with Crippen molar-refractivity contribution in [2.75, 3.05) is 13.6 Å². The fourth-order valence-corrected chi connectivity index (χ4v) is 2.11. The summed E-state index contributed by atoms with van der Waals surface area (Å²) in [6.07, 6.45) is 1.77. The summed E-state index contributed by atoms with van der Waals surface area (Å²) in [5.41, 5.74) is 1.00. The third-order valence-electron chi connectivity index (χ3n) is 2.93. The molecule has 0 aliphatic rings. The smallest absolute Gasteiger partial charge is 0.169 e. The molecule has 1 aromatic carbocycles. The van der Waals surface area contributed by atoms with Gasteiger partial charge in [-0.3, -0.25) is 0 Å². The topological polar surface area (TPSA) is 28.4 Å². The van der Waals surface area contributed by atoms with Crippen LogP contribution >= 0.6 is 23.8 Å². The van der Waals surface area contributed by atoms with Crippen molar-refractivity contribution >= 4 is 28.9 Å². The Kier molecular flexibility index (Phi) is 5.42. The quantitative estimate of drug-likeness (QED) is 0.663. The van der Waals surface area contributed by atoms with Gasteiger partial charge in [-0.15, -0.1) is 6.58 Å². The van der Waals surface area contributed by atoms with Gasteiger partial charge in [-0.1, -0.05) is 17.7 Å². The lowest BCUT2D eigenvalue weighted by Crippen LogP contribution is -2.36. The zero-order valence-corrected chi connectivity index (χ0v) is 13.4. The first-order valence-corrected chi connectivity index (χ1v) is 7.33. The SMILES string of the molecule is C=CCNC(=S)N(C)Cc1ccc(-c2ccc(Cl)cc2)o1. The Morgan fingerprint density at radius 3 is 2.71 bits per heavy atom. The molecular formula is C16H17ClN2OS. The van der Waals surface area contributed by atoms with E-state index in [0.717, 1.165) is 17.1 Å². The highest BCUT2D eigenvalue weighted by molar-refractivity contribution is 7.80. The number of hydrogen-bond donors (Lipinski definition) is 1. The second-order valence-corrected chi connectivity index (χ2v) is 5.43. The number of nitrogens with zero attached hydrogens (tertiary/aromatic N) is 1. The van der Waals surface area contributed by atoms with E-state index in [1.807, 2.05) is 48.3 Å². The normalized spacial score (nSPS) is 10.2. The Morgan fingerprint density at radius 1 is 1.33 bits per heavy atom. The average Bonchev–Trinajstić information content (AvgIpc) is 2.93. The number of benzene rings is 1. The minimum atomic E-state index is 0.608. The van der Waals surface area contributed by atoms with Crippen LogP contribution in [-0.2, 0) is 6.54 Å². The highest BCUT2D eigenvalue weighted by Crippen LogP contribution is 2.24. The molecule has 0 aliphatic carbocycles. The summed E-state index contributed by atoms with van der Waals surface area (Å²) in [4.78, 5) is 1.92. The van der Waals surface area contributed by atoms with E-state index in [4.69, 9.17) is 28.2 Å². The highest BCUT2D eigenvalue weighted by atomic mass is 35.5. The first kappa shape index (κ1) is 15.6. The van der Waals surface area contributed by atoms with Gasteiger partial charge in [0.2, 0.25) is 0 Å². The second-order valence-electron chi connectivity index (χ2n) is 4.60. The van der Waals surface area contributed by atoms with E-state index in [0.29, 0.717) is 23.2 Å². The summed E-state index contributed by atoms with van der Waals surface area (Å²) < 4.78 is 5.84. The highest BCUT2D eigenvalue weighted by Gasteiger charge is 2.09. The molecule has 1 aromatic heterocycles. The van der Waals surface area contributed by atoms with Gasteiger partial charge in [-0.25, -0.2) is 0 Å². The number of hydrogen-bond acceptors (Lipinski definition) is 2. The summed E-state index contributed by atoms with van der Waals surface area (Å²) in [6.45, 7) is 4.91. The van der Waals surface area contributed by atoms with Crippen LogP contribution in [0.3, 0.4) is 0 Å². The summed E-state index contributed by atoms with van der Waals surface area (Å²) in [5.74, 6) is 1.67. The van der Waals surface area contributed by atoms with Gasteiger partial charge in [0.25, 0.3) is 0 Å². The largest absolute Gasteiger partial charge is 0.459 e. The van der Waals surface area contributed by atoms with Gasteiger partial charge in [-0.05, 0) is 48.6 Å². The van der Waals surface area contributed by atoms with Crippen LogP contribution in [-0.4, -0.2) is 23.6 Å². The first-order chi connectivity index (χ1) is 10.1. The Labute approximate surface area is 135 Å². The molecule has 0 radical (unpaired) electrons. The third kappa shape index (κ3) is 4.34. The van der Waals surface area contributed by atoms with E-state index in [9.17, 15) is 0 Å². The number of rotatable bonds is 5. The molecule has 2 aromatic rings. The van der Waals surface area contributed by atoms with Gasteiger partial charge in [0.1, 0.15) is 11.5 Å². The average molecular weight is 321 g/mol. The van der Waals surface area contributed by atoms with E-state index in [1.54, 1.807) is 6.08 Å². The van der Waals surface area contributed by atoms with Crippen molar-refractivity contribution in [2.45, 2.75) is 6.54 Å². The number of halogens is 1. The van der Waals surface area contributed by atoms with Gasteiger partial charge in [0.05, 0.1) is 6.54 Å². The molecule has 1 heterocycles. The van der Waals surface area contributed by atoms with Gasteiger partial charge < -0.3 is 14.6 Å². The Morgan fingerprint density at radius 2 is 2.05 bits per heavy atom. The fourth-order valence-electron chi connectivity index (χ4n) is 1.83. The molecule has 3 nitrogen and oxygen atoms in total.